The molecule has 0 radical (unpaired) electrons. The smallest absolute Gasteiger partial charge is 0.227 e. The van der Waals surface area contributed by atoms with E-state index in [0.717, 1.165) is 59.2 Å². The summed E-state index contributed by atoms with van der Waals surface area (Å²) in [5.41, 5.74) is 6.84. The molecular weight excluding hydrogens is 531 g/mol. The summed E-state index contributed by atoms with van der Waals surface area (Å²) in [5.74, 6) is 1.59. The van der Waals surface area contributed by atoms with E-state index in [1.54, 1.807) is 0 Å². The molecule has 0 aliphatic carbocycles. The quantitative estimate of drug-likeness (QED) is 0.276. The predicted molar refractivity (Wildman–Crippen MR) is 163 cm³/mol. The number of benzene rings is 2. The summed E-state index contributed by atoms with van der Waals surface area (Å²) in [6.07, 6.45) is 4.89. The number of aromatic nitrogens is 5. The van der Waals surface area contributed by atoms with Crippen molar-refractivity contribution in [2.45, 2.75) is 39.8 Å². The van der Waals surface area contributed by atoms with Gasteiger partial charge in [-0.25, -0.2) is 19.3 Å². The number of nitrogens with zero attached hydrogens (tertiary/aromatic N) is 7. The van der Waals surface area contributed by atoms with Crippen molar-refractivity contribution >= 4 is 34.0 Å². The number of hydrogen-bond acceptors (Lipinski definition) is 8. The summed E-state index contributed by atoms with van der Waals surface area (Å²) in [5, 5.41) is 3.26. The van der Waals surface area contributed by atoms with Gasteiger partial charge in [-0.1, -0.05) is 0 Å². The van der Waals surface area contributed by atoms with Crippen molar-refractivity contribution in [1.29, 1.82) is 0 Å². The molecule has 0 amide bonds. The number of fused-ring (bicyclic) bond motifs is 4. The molecule has 5 aromatic rings. The van der Waals surface area contributed by atoms with Crippen molar-refractivity contribution in [2.75, 3.05) is 41.4 Å². The summed E-state index contributed by atoms with van der Waals surface area (Å²) in [4.78, 5) is 22.5. The van der Waals surface area contributed by atoms with Crippen LogP contribution in [0.25, 0.3) is 22.3 Å². The molecule has 9 nitrogen and oxygen atoms in total. The average molecular weight is 565 g/mol. The van der Waals surface area contributed by atoms with Crippen molar-refractivity contribution in [3.8, 4) is 17.0 Å². The van der Waals surface area contributed by atoms with Crippen molar-refractivity contribution in [3.63, 3.8) is 0 Å². The van der Waals surface area contributed by atoms with E-state index in [-0.39, 0.29) is 17.8 Å². The summed E-state index contributed by atoms with van der Waals surface area (Å²) < 4.78 is 23.5. The van der Waals surface area contributed by atoms with Gasteiger partial charge in [0.25, 0.3) is 0 Å². The molecule has 3 aromatic heterocycles. The molecule has 5 heterocycles. The zero-order valence-electron chi connectivity index (χ0n) is 24.2. The lowest BCUT2D eigenvalue weighted by Crippen LogP contribution is -2.57. The van der Waals surface area contributed by atoms with Crippen molar-refractivity contribution in [1.82, 2.24) is 24.5 Å². The van der Waals surface area contributed by atoms with Crippen LogP contribution in [0, 0.1) is 19.7 Å². The number of imidazole rings is 1. The lowest BCUT2D eigenvalue weighted by atomic mass is 10.1. The highest BCUT2D eigenvalue weighted by Gasteiger charge is 2.33. The molecule has 2 aromatic carbocycles. The third kappa shape index (κ3) is 4.56. The lowest BCUT2D eigenvalue weighted by Gasteiger charge is -2.46. The van der Waals surface area contributed by atoms with Crippen LogP contribution in [-0.4, -0.2) is 56.8 Å². The largest absolute Gasteiger partial charge is 0.489 e. The van der Waals surface area contributed by atoms with E-state index in [9.17, 15) is 0 Å². The van der Waals surface area contributed by atoms with E-state index in [4.69, 9.17) is 9.72 Å². The monoisotopic (exact) mass is 564 g/mol. The number of hydrogen-bond donors (Lipinski definition) is 1. The number of piperazine rings is 1. The fraction of sp³-hybridized carbons (Fsp3) is 0.312. The number of nitrogens with one attached hydrogen (secondary N) is 1. The van der Waals surface area contributed by atoms with Gasteiger partial charge < -0.3 is 24.4 Å². The third-order valence-corrected chi connectivity index (χ3v) is 8.16. The van der Waals surface area contributed by atoms with E-state index >= 15 is 4.39 Å². The number of aryl methyl sites for hydroxylation is 2. The highest BCUT2D eigenvalue weighted by Crippen LogP contribution is 2.38. The molecule has 0 saturated carbocycles. The molecule has 1 N–H and O–H groups in total. The van der Waals surface area contributed by atoms with Gasteiger partial charge in [0, 0.05) is 61.1 Å². The topological polar surface area (TPSA) is 84.2 Å². The molecule has 42 heavy (non-hydrogen) atoms. The zero-order chi connectivity index (χ0) is 29.0. The Morgan fingerprint density at radius 2 is 1.86 bits per heavy atom. The average Bonchev–Trinajstić information content (AvgIpc) is 3.34. The molecular formula is C32H33FN8O. The van der Waals surface area contributed by atoms with E-state index < -0.39 is 5.82 Å². The predicted octanol–water partition coefficient (Wildman–Crippen LogP) is 6.06. The molecule has 1 atom stereocenters. The first-order chi connectivity index (χ1) is 20.4. The van der Waals surface area contributed by atoms with Gasteiger partial charge in [-0.05, 0) is 69.7 Å². The van der Waals surface area contributed by atoms with Gasteiger partial charge in [-0.3, -0.25) is 4.98 Å². The number of halogens is 1. The minimum absolute atomic E-state index is 0.226. The highest BCUT2D eigenvalue weighted by molar-refractivity contribution is 5.85. The number of pyridine rings is 1. The molecule has 2 aliphatic heterocycles. The Balaban J connectivity index is 1.13. The van der Waals surface area contributed by atoms with Gasteiger partial charge in [-0.15, -0.1) is 0 Å². The number of anilines is 4. The summed E-state index contributed by atoms with van der Waals surface area (Å²) in [7, 11) is 0. The number of rotatable bonds is 5. The highest BCUT2D eigenvalue weighted by atomic mass is 19.1. The molecule has 1 fully saturated rings. The Morgan fingerprint density at radius 3 is 2.67 bits per heavy atom. The standard InChI is InChI=1S/C32H33FN8O/c1-19(2)41-21(4)36-30-20(3)13-22(14-28(30)41)31-26(33)16-35-32(38-31)37-23-5-6-27-29(15-23)42-18-25-17-39(11-12-40(25)27)24-7-9-34-10-8-24/h5-10,13-16,19,25H,11-12,17-18H2,1-4H3,(H,35,37,38). The first-order valence-corrected chi connectivity index (χ1v) is 14.3. The summed E-state index contributed by atoms with van der Waals surface area (Å²) in [6.45, 7) is 11.6. The first kappa shape index (κ1) is 26.2. The normalized spacial score (nSPS) is 16.4. The maximum atomic E-state index is 15.1. The molecule has 0 spiro atoms. The molecule has 1 unspecified atom stereocenters. The maximum absolute atomic E-state index is 15.1. The second-order valence-electron chi connectivity index (χ2n) is 11.3. The van der Waals surface area contributed by atoms with Crippen LogP contribution in [-0.2, 0) is 0 Å². The van der Waals surface area contributed by atoms with Gasteiger partial charge in [-0.2, -0.15) is 0 Å². The van der Waals surface area contributed by atoms with Gasteiger partial charge in [0.2, 0.25) is 5.95 Å². The third-order valence-electron chi connectivity index (χ3n) is 8.16. The second-order valence-corrected chi connectivity index (χ2v) is 11.3. The maximum Gasteiger partial charge on any atom is 0.227 e. The van der Waals surface area contributed by atoms with Crippen LogP contribution in [0.5, 0.6) is 5.75 Å². The molecule has 0 bridgehead atoms. The Hall–Kier alpha value is -4.73. The van der Waals surface area contributed by atoms with Crippen molar-refractivity contribution in [3.05, 3.63) is 78.3 Å². The SMILES string of the molecule is Cc1cc(-c2nc(Nc3ccc4c(c3)OCC3CN(c5ccncc5)CCN43)ncc2F)cc2c1nc(C)n2C(C)C. The Morgan fingerprint density at radius 1 is 1.02 bits per heavy atom. The fourth-order valence-corrected chi connectivity index (χ4v) is 6.26. The first-order valence-electron chi connectivity index (χ1n) is 14.3. The molecule has 2 aliphatic rings. The van der Waals surface area contributed by atoms with E-state index in [2.05, 4.69) is 66.7 Å². The Labute approximate surface area is 244 Å². The minimum atomic E-state index is -0.475. The van der Waals surface area contributed by atoms with Crippen LogP contribution in [0.4, 0.5) is 27.4 Å². The van der Waals surface area contributed by atoms with Crippen LogP contribution in [0.15, 0.2) is 61.1 Å². The van der Waals surface area contributed by atoms with E-state index in [1.807, 2.05) is 50.5 Å². The van der Waals surface area contributed by atoms with Crippen LogP contribution in [0.2, 0.25) is 0 Å². The van der Waals surface area contributed by atoms with E-state index in [0.29, 0.717) is 18.1 Å². The molecule has 214 valence electrons. The number of ether oxygens (including phenoxy) is 1. The lowest BCUT2D eigenvalue weighted by molar-refractivity contribution is 0.255. The van der Waals surface area contributed by atoms with E-state index in [1.165, 1.54) is 11.9 Å². The summed E-state index contributed by atoms with van der Waals surface area (Å²) >= 11 is 0. The molecule has 10 heteroatoms. The molecule has 1 saturated heterocycles. The summed E-state index contributed by atoms with van der Waals surface area (Å²) in [6, 6.07) is 14.5. The Kier molecular flexibility index (Phi) is 6.41. The van der Waals surface area contributed by atoms with Crippen LogP contribution < -0.4 is 19.9 Å². The minimum Gasteiger partial charge on any atom is -0.489 e. The van der Waals surface area contributed by atoms with Crippen molar-refractivity contribution < 1.29 is 9.13 Å². The van der Waals surface area contributed by atoms with Gasteiger partial charge in [0.15, 0.2) is 5.82 Å². The van der Waals surface area contributed by atoms with Crippen molar-refractivity contribution in [2.24, 2.45) is 0 Å². The molecule has 7 rings (SSSR count). The zero-order valence-corrected chi connectivity index (χ0v) is 24.2. The van der Waals surface area contributed by atoms with Gasteiger partial charge in [0.1, 0.15) is 23.9 Å². The van der Waals surface area contributed by atoms with Crippen LogP contribution in [0.3, 0.4) is 0 Å². The Bertz CT molecular complexity index is 1790. The second kappa shape index (κ2) is 10.3. The van der Waals surface area contributed by atoms with Gasteiger partial charge in [0.05, 0.1) is 29.0 Å². The van der Waals surface area contributed by atoms with Crippen LogP contribution in [0.1, 0.15) is 31.3 Å². The van der Waals surface area contributed by atoms with Gasteiger partial charge >= 0.3 is 0 Å². The van der Waals surface area contributed by atoms with Crippen LogP contribution >= 0.6 is 0 Å². The fourth-order valence-electron chi connectivity index (χ4n) is 6.26.